The fraction of sp³-hybridized carbons (Fsp3) is 1.00. The topological polar surface area (TPSA) is 82.1 Å². The lowest BCUT2D eigenvalue weighted by Gasteiger charge is -1.77. The van der Waals surface area contributed by atoms with E-state index in [0.717, 1.165) is 0 Å². The van der Waals surface area contributed by atoms with Crippen molar-refractivity contribution in [2.45, 2.75) is 0 Å². The normalized spacial score (nSPS) is 13.0. The Kier molecular flexibility index (Phi) is 5.82. The fourth-order valence-corrected chi connectivity index (χ4v) is 0.635. The minimum absolute atomic E-state index is 0.519. The summed E-state index contributed by atoms with van der Waals surface area (Å²) in [7, 11) is -3.74. The minimum atomic E-state index is -2.70. The number of hydrogen-bond donors (Lipinski definition) is 1. The van der Waals surface area contributed by atoms with E-state index in [-0.39, 0.29) is 0 Å². The summed E-state index contributed by atoms with van der Waals surface area (Å²) in [5, 5.41) is 0. The van der Waals surface area contributed by atoms with Gasteiger partial charge in [-0.2, -0.15) is 0 Å². The van der Waals surface area contributed by atoms with Crippen LogP contribution in [0.1, 0.15) is 0 Å². The molecule has 10 heavy (non-hydrogen) atoms. The molecule has 0 aliphatic heterocycles. The first-order valence-corrected chi connectivity index (χ1v) is 4.32. The van der Waals surface area contributed by atoms with E-state index >= 15 is 0 Å². The third-order valence-electron chi connectivity index (χ3n) is 0.470. The summed E-state index contributed by atoms with van der Waals surface area (Å²) in [5.74, 6) is 0. The molecule has 8 heteroatoms. The van der Waals surface area contributed by atoms with Crippen LogP contribution in [0.2, 0.25) is 0 Å². The van der Waals surface area contributed by atoms with Gasteiger partial charge in [-0.25, -0.2) is 0 Å². The van der Waals surface area contributed by atoms with Gasteiger partial charge in [0.2, 0.25) is 0 Å². The van der Waals surface area contributed by atoms with Gasteiger partial charge in [-0.05, 0) is 0 Å². The number of rotatable bonds is 5. The second-order valence-electron chi connectivity index (χ2n) is 1.02. The molecule has 0 radical (unpaired) electrons. The molecule has 0 aromatic heterocycles. The maximum Gasteiger partial charge on any atom is 0.699 e. The quantitative estimate of drug-likeness (QED) is 0.510. The Morgan fingerprint density at radius 3 is 2.40 bits per heavy atom. The van der Waals surface area contributed by atoms with Crippen molar-refractivity contribution in [1.29, 1.82) is 0 Å². The van der Waals surface area contributed by atoms with Crippen LogP contribution in [0.3, 0.4) is 0 Å². The monoisotopic (exact) mass is 188 g/mol. The van der Waals surface area contributed by atoms with Crippen molar-refractivity contribution in [2.75, 3.05) is 13.9 Å². The highest BCUT2D eigenvalue weighted by Crippen LogP contribution is 2.24. The van der Waals surface area contributed by atoms with E-state index in [0.29, 0.717) is 0 Å². The standard InChI is InChI=1S/C2H5O6P2/c1-6-10(5)8-2-7-9(3)4/h2H2,1H3/q+1/p+1. The van der Waals surface area contributed by atoms with Crippen molar-refractivity contribution in [3.63, 3.8) is 0 Å². The van der Waals surface area contributed by atoms with Gasteiger partial charge in [0.1, 0.15) is 0 Å². The highest BCUT2D eigenvalue weighted by atomic mass is 31.1. The van der Waals surface area contributed by atoms with Gasteiger partial charge >= 0.3 is 16.5 Å². The van der Waals surface area contributed by atoms with Crippen LogP contribution in [0.25, 0.3) is 0 Å². The molecule has 2 unspecified atom stereocenters. The zero-order valence-corrected chi connectivity index (χ0v) is 6.88. The van der Waals surface area contributed by atoms with Gasteiger partial charge in [0.25, 0.3) is 6.79 Å². The Balaban J connectivity index is 3.20. The van der Waals surface area contributed by atoms with E-state index in [2.05, 4.69) is 13.6 Å². The second-order valence-corrected chi connectivity index (χ2v) is 2.82. The molecule has 0 spiro atoms. The molecule has 2 atom stereocenters. The molecule has 58 valence electrons. The lowest BCUT2D eigenvalue weighted by Crippen LogP contribution is -1.86. The van der Waals surface area contributed by atoms with Crippen LogP contribution in [0.15, 0.2) is 0 Å². The molecule has 0 fully saturated rings. The molecule has 0 bridgehead atoms. The summed E-state index contributed by atoms with van der Waals surface area (Å²) in [6, 6.07) is 0. The van der Waals surface area contributed by atoms with Gasteiger partial charge in [-0.15, -0.1) is 9.42 Å². The van der Waals surface area contributed by atoms with Gasteiger partial charge in [-0.3, -0.25) is 0 Å². The summed E-state index contributed by atoms with van der Waals surface area (Å²) < 4.78 is 32.4. The lowest BCUT2D eigenvalue weighted by molar-refractivity contribution is 0.106. The zero-order chi connectivity index (χ0) is 7.98. The van der Waals surface area contributed by atoms with Crippen LogP contribution in [-0.2, 0) is 22.7 Å². The molecule has 0 aliphatic carbocycles. The summed E-state index contributed by atoms with van der Waals surface area (Å²) in [6.45, 7) is -0.519. The molecule has 0 rings (SSSR count). The van der Waals surface area contributed by atoms with Crippen LogP contribution in [0.4, 0.5) is 0 Å². The maximum absolute atomic E-state index is 10.2. The van der Waals surface area contributed by atoms with Gasteiger partial charge in [0, 0.05) is 9.13 Å². The van der Waals surface area contributed by atoms with Gasteiger partial charge in [0.15, 0.2) is 0 Å². The van der Waals surface area contributed by atoms with Crippen molar-refractivity contribution in [3.05, 3.63) is 0 Å². The molecule has 0 aliphatic rings. The molecular weight excluding hydrogens is 182 g/mol. The van der Waals surface area contributed by atoms with Gasteiger partial charge in [-0.1, -0.05) is 9.05 Å². The molecule has 0 saturated heterocycles. The molecule has 0 aromatic rings. The van der Waals surface area contributed by atoms with E-state index in [1.54, 1.807) is 0 Å². The smallest absolute Gasteiger partial charge is 0.133 e. The molecule has 6 nitrogen and oxygen atoms in total. The Morgan fingerprint density at radius 1 is 1.40 bits per heavy atom. The molecular formula is C2H6O6P2+2. The molecule has 0 heterocycles. The van der Waals surface area contributed by atoms with Crippen molar-refractivity contribution in [2.24, 2.45) is 0 Å². The molecule has 0 saturated carbocycles. The summed E-state index contributed by atoms with van der Waals surface area (Å²) >= 11 is 0. The molecule has 0 amide bonds. The van der Waals surface area contributed by atoms with E-state index < -0.39 is 23.3 Å². The zero-order valence-electron chi connectivity index (χ0n) is 5.09. The highest BCUT2D eigenvalue weighted by molar-refractivity contribution is 7.33. The Hall–Kier alpha value is 0.0400. The first-order chi connectivity index (χ1) is 4.66. The van der Waals surface area contributed by atoms with Crippen molar-refractivity contribution < 1.29 is 27.6 Å². The third kappa shape index (κ3) is 6.16. The van der Waals surface area contributed by atoms with E-state index in [1.165, 1.54) is 7.11 Å². The predicted octanol–water partition coefficient (Wildman–Crippen LogP) is 0.931. The number of hydrogen-bond acceptors (Lipinski definition) is 5. The van der Waals surface area contributed by atoms with Gasteiger partial charge in [0.05, 0.1) is 7.11 Å². The fourth-order valence-electron chi connectivity index (χ4n) is 0.164. The van der Waals surface area contributed by atoms with Crippen LogP contribution < -0.4 is 0 Å². The first-order valence-electron chi connectivity index (χ1n) is 2.10. The van der Waals surface area contributed by atoms with Crippen molar-refractivity contribution in [3.8, 4) is 0 Å². The highest BCUT2D eigenvalue weighted by Gasteiger charge is 2.21. The van der Waals surface area contributed by atoms with Crippen LogP contribution in [0.5, 0.6) is 0 Å². The van der Waals surface area contributed by atoms with Gasteiger partial charge < -0.3 is 0 Å². The lowest BCUT2D eigenvalue weighted by atomic mass is 11.6. The van der Waals surface area contributed by atoms with Crippen LogP contribution in [-0.4, -0.2) is 18.8 Å². The Bertz CT molecular complexity index is 134. The summed E-state index contributed by atoms with van der Waals surface area (Å²) in [4.78, 5) is 8.01. The predicted molar refractivity (Wildman–Crippen MR) is 31.5 cm³/mol. The molecule has 1 N–H and O–H groups in total. The first kappa shape index (κ1) is 10.0. The third-order valence-corrected chi connectivity index (χ3v) is 1.41. The summed E-state index contributed by atoms with van der Waals surface area (Å²) in [6.07, 6.45) is 0. The Labute approximate surface area is 59.0 Å². The van der Waals surface area contributed by atoms with E-state index in [9.17, 15) is 9.13 Å². The van der Waals surface area contributed by atoms with Crippen LogP contribution in [0, 0.1) is 0 Å². The SMILES string of the molecule is CO[P+](=O)OCO[P+](=O)O. The summed E-state index contributed by atoms with van der Waals surface area (Å²) in [5.41, 5.74) is 0. The molecule has 0 aromatic carbocycles. The maximum atomic E-state index is 10.2. The average Bonchev–Trinajstić information content (AvgIpc) is 1.87. The largest absolute Gasteiger partial charge is 0.699 e. The van der Waals surface area contributed by atoms with E-state index in [1.807, 2.05) is 0 Å². The average molecular weight is 188 g/mol. The second kappa shape index (κ2) is 5.80. The Morgan fingerprint density at radius 2 is 2.00 bits per heavy atom. The van der Waals surface area contributed by atoms with Crippen LogP contribution >= 0.6 is 16.5 Å². The van der Waals surface area contributed by atoms with Crippen molar-refractivity contribution >= 4 is 16.5 Å². The van der Waals surface area contributed by atoms with Crippen molar-refractivity contribution in [1.82, 2.24) is 0 Å². The minimum Gasteiger partial charge on any atom is -0.133 e. The van der Waals surface area contributed by atoms with E-state index in [4.69, 9.17) is 4.89 Å².